The Balaban J connectivity index is 1.95. The van der Waals surface area contributed by atoms with E-state index in [9.17, 15) is 0 Å². The van der Waals surface area contributed by atoms with Gasteiger partial charge in [-0.3, -0.25) is 4.90 Å². The summed E-state index contributed by atoms with van der Waals surface area (Å²) >= 11 is 0. The minimum atomic E-state index is 0.149. The molecule has 2 rings (SSSR count). The van der Waals surface area contributed by atoms with E-state index in [1.54, 1.807) is 0 Å². The molecule has 17 heavy (non-hydrogen) atoms. The lowest BCUT2D eigenvalue weighted by atomic mass is 10.0. The molecule has 2 atom stereocenters. The van der Waals surface area contributed by atoms with E-state index in [1.807, 2.05) is 0 Å². The molecular formula is C15H24N2. The summed E-state index contributed by atoms with van der Waals surface area (Å²) in [7, 11) is 0. The van der Waals surface area contributed by atoms with Crippen molar-refractivity contribution in [3.8, 4) is 0 Å². The van der Waals surface area contributed by atoms with Crippen LogP contribution in [-0.2, 0) is 0 Å². The van der Waals surface area contributed by atoms with Crippen LogP contribution >= 0.6 is 0 Å². The van der Waals surface area contributed by atoms with Gasteiger partial charge in [-0.15, -0.1) is 0 Å². The fourth-order valence-corrected chi connectivity index (χ4v) is 2.60. The summed E-state index contributed by atoms with van der Waals surface area (Å²) in [6.45, 7) is 6.63. The van der Waals surface area contributed by atoms with Crippen molar-refractivity contribution in [3.05, 3.63) is 35.4 Å². The molecule has 0 radical (unpaired) electrons. The zero-order chi connectivity index (χ0) is 12.3. The average molecular weight is 232 g/mol. The molecule has 0 aliphatic carbocycles. The predicted octanol–water partition coefficient (Wildman–Crippen LogP) is 2.87. The van der Waals surface area contributed by atoms with Crippen LogP contribution in [-0.4, -0.2) is 24.0 Å². The SMILES string of the molecule is Cc1ccc(C(N)CN2CCCCC2C)cc1. The quantitative estimate of drug-likeness (QED) is 0.868. The summed E-state index contributed by atoms with van der Waals surface area (Å²) in [6.07, 6.45) is 4.02. The second-order valence-corrected chi connectivity index (χ2v) is 5.36. The van der Waals surface area contributed by atoms with E-state index in [4.69, 9.17) is 5.73 Å². The third kappa shape index (κ3) is 3.30. The standard InChI is InChI=1S/C15H24N2/c1-12-6-8-14(9-7-12)15(16)11-17-10-4-3-5-13(17)2/h6-9,13,15H,3-5,10-11,16H2,1-2H3. The van der Waals surface area contributed by atoms with Gasteiger partial charge in [0.05, 0.1) is 0 Å². The fourth-order valence-electron chi connectivity index (χ4n) is 2.60. The number of nitrogens with zero attached hydrogens (tertiary/aromatic N) is 1. The lowest BCUT2D eigenvalue weighted by Crippen LogP contribution is -2.41. The van der Waals surface area contributed by atoms with E-state index < -0.39 is 0 Å². The molecule has 1 saturated heterocycles. The number of piperidine rings is 1. The Bertz CT molecular complexity index is 344. The molecule has 1 aliphatic rings. The number of aryl methyl sites for hydroxylation is 1. The monoisotopic (exact) mass is 232 g/mol. The molecule has 0 bridgehead atoms. The second-order valence-electron chi connectivity index (χ2n) is 5.36. The van der Waals surface area contributed by atoms with Crippen LogP contribution in [0.5, 0.6) is 0 Å². The van der Waals surface area contributed by atoms with Gasteiger partial charge in [0, 0.05) is 18.6 Å². The first-order valence-electron chi connectivity index (χ1n) is 6.73. The third-order valence-electron chi connectivity index (χ3n) is 3.88. The highest BCUT2D eigenvalue weighted by molar-refractivity contribution is 5.24. The van der Waals surface area contributed by atoms with Crippen LogP contribution in [0.15, 0.2) is 24.3 Å². The van der Waals surface area contributed by atoms with Crippen molar-refractivity contribution in [2.45, 2.75) is 45.2 Å². The van der Waals surface area contributed by atoms with Gasteiger partial charge >= 0.3 is 0 Å². The Morgan fingerprint density at radius 2 is 2.00 bits per heavy atom. The van der Waals surface area contributed by atoms with Crippen molar-refractivity contribution < 1.29 is 0 Å². The normalized spacial score (nSPS) is 23.6. The molecule has 2 unspecified atom stereocenters. The van der Waals surface area contributed by atoms with Crippen LogP contribution in [0.2, 0.25) is 0 Å². The lowest BCUT2D eigenvalue weighted by Gasteiger charge is -2.35. The van der Waals surface area contributed by atoms with Gasteiger partial charge in [-0.05, 0) is 38.8 Å². The van der Waals surface area contributed by atoms with E-state index in [-0.39, 0.29) is 6.04 Å². The average Bonchev–Trinajstić information content (AvgIpc) is 2.33. The number of nitrogens with two attached hydrogens (primary N) is 1. The van der Waals surface area contributed by atoms with Crippen molar-refractivity contribution in [1.29, 1.82) is 0 Å². The number of hydrogen-bond acceptors (Lipinski definition) is 2. The highest BCUT2D eigenvalue weighted by Crippen LogP contribution is 2.20. The minimum Gasteiger partial charge on any atom is -0.323 e. The topological polar surface area (TPSA) is 29.3 Å². The molecule has 1 aromatic carbocycles. The summed E-state index contributed by atoms with van der Waals surface area (Å²) < 4.78 is 0. The van der Waals surface area contributed by atoms with Gasteiger partial charge in [-0.25, -0.2) is 0 Å². The van der Waals surface area contributed by atoms with Crippen LogP contribution in [0, 0.1) is 6.92 Å². The van der Waals surface area contributed by atoms with Crippen molar-refractivity contribution in [1.82, 2.24) is 4.90 Å². The van der Waals surface area contributed by atoms with Gasteiger partial charge in [-0.2, -0.15) is 0 Å². The number of rotatable bonds is 3. The molecule has 0 aromatic heterocycles. The summed E-state index contributed by atoms with van der Waals surface area (Å²) in [4.78, 5) is 2.54. The number of likely N-dealkylation sites (tertiary alicyclic amines) is 1. The summed E-state index contributed by atoms with van der Waals surface area (Å²) in [6, 6.07) is 9.46. The molecule has 1 aliphatic heterocycles. The largest absolute Gasteiger partial charge is 0.323 e. The van der Waals surface area contributed by atoms with Gasteiger partial charge < -0.3 is 5.73 Å². The second kappa shape index (κ2) is 5.65. The molecule has 0 spiro atoms. The molecule has 2 nitrogen and oxygen atoms in total. The third-order valence-corrected chi connectivity index (χ3v) is 3.88. The van der Waals surface area contributed by atoms with Gasteiger partial charge in [0.1, 0.15) is 0 Å². The molecule has 2 N–H and O–H groups in total. The summed E-state index contributed by atoms with van der Waals surface area (Å²) in [5.41, 5.74) is 8.85. The first-order valence-corrected chi connectivity index (χ1v) is 6.73. The molecule has 2 heteroatoms. The highest BCUT2D eigenvalue weighted by Gasteiger charge is 2.20. The fraction of sp³-hybridized carbons (Fsp3) is 0.600. The molecule has 0 saturated carbocycles. The Kier molecular flexibility index (Phi) is 4.19. The Morgan fingerprint density at radius 1 is 1.29 bits per heavy atom. The van der Waals surface area contributed by atoms with Crippen LogP contribution in [0.4, 0.5) is 0 Å². The lowest BCUT2D eigenvalue weighted by molar-refractivity contribution is 0.151. The van der Waals surface area contributed by atoms with Gasteiger partial charge in [-0.1, -0.05) is 36.2 Å². The number of hydrogen-bond donors (Lipinski definition) is 1. The van der Waals surface area contributed by atoms with Gasteiger partial charge in [0.2, 0.25) is 0 Å². The predicted molar refractivity (Wildman–Crippen MR) is 73.0 cm³/mol. The van der Waals surface area contributed by atoms with Crippen LogP contribution in [0.3, 0.4) is 0 Å². The maximum Gasteiger partial charge on any atom is 0.0424 e. The molecule has 0 amide bonds. The van der Waals surface area contributed by atoms with Crippen LogP contribution in [0.25, 0.3) is 0 Å². The molecule has 1 fully saturated rings. The molecule has 1 aromatic rings. The van der Waals surface area contributed by atoms with Gasteiger partial charge in [0.25, 0.3) is 0 Å². The zero-order valence-corrected chi connectivity index (χ0v) is 11.0. The van der Waals surface area contributed by atoms with E-state index in [0.717, 1.165) is 6.54 Å². The van der Waals surface area contributed by atoms with E-state index in [0.29, 0.717) is 6.04 Å². The molecule has 1 heterocycles. The summed E-state index contributed by atoms with van der Waals surface area (Å²) in [5.74, 6) is 0. The smallest absolute Gasteiger partial charge is 0.0424 e. The van der Waals surface area contributed by atoms with E-state index in [1.165, 1.54) is 36.9 Å². The van der Waals surface area contributed by atoms with E-state index >= 15 is 0 Å². The van der Waals surface area contributed by atoms with Crippen molar-refractivity contribution in [3.63, 3.8) is 0 Å². The Morgan fingerprint density at radius 3 is 2.65 bits per heavy atom. The van der Waals surface area contributed by atoms with Crippen LogP contribution in [0.1, 0.15) is 43.4 Å². The maximum atomic E-state index is 6.30. The van der Waals surface area contributed by atoms with Crippen LogP contribution < -0.4 is 5.73 Å². The first-order chi connectivity index (χ1) is 8.16. The minimum absolute atomic E-state index is 0.149. The summed E-state index contributed by atoms with van der Waals surface area (Å²) in [5, 5.41) is 0. The van der Waals surface area contributed by atoms with Crippen molar-refractivity contribution in [2.24, 2.45) is 5.73 Å². The highest BCUT2D eigenvalue weighted by atomic mass is 15.2. The molecular weight excluding hydrogens is 208 g/mol. The van der Waals surface area contributed by atoms with Gasteiger partial charge in [0.15, 0.2) is 0 Å². The van der Waals surface area contributed by atoms with Crippen molar-refractivity contribution in [2.75, 3.05) is 13.1 Å². The Labute approximate surface area is 105 Å². The Hall–Kier alpha value is -0.860. The first kappa shape index (κ1) is 12.6. The van der Waals surface area contributed by atoms with E-state index in [2.05, 4.69) is 43.0 Å². The molecule has 94 valence electrons. The zero-order valence-electron chi connectivity index (χ0n) is 11.0. The van der Waals surface area contributed by atoms with Crippen molar-refractivity contribution >= 4 is 0 Å². The maximum absolute atomic E-state index is 6.30. The number of benzene rings is 1.